The summed E-state index contributed by atoms with van der Waals surface area (Å²) in [5.41, 5.74) is 1.84. The van der Waals surface area contributed by atoms with Crippen LogP contribution in [-0.2, 0) is 14.3 Å². The van der Waals surface area contributed by atoms with Crippen molar-refractivity contribution in [2.24, 2.45) is 17.8 Å². The first-order valence-corrected chi connectivity index (χ1v) is 9.90. The Balaban J connectivity index is 1.47. The third kappa shape index (κ3) is 5.18. The third-order valence-corrected chi connectivity index (χ3v) is 5.81. The number of carbonyl (C=O) groups is 1. The number of benzene rings is 1. The number of rotatable bonds is 6. The molecule has 26 heavy (non-hydrogen) atoms. The van der Waals surface area contributed by atoms with Crippen LogP contribution in [0.1, 0.15) is 62.9 Å². The van der Waals surface area contributed by atoms with Gasteiger partial charge in [-0.15, -0.1) is 0 Å². The summed E-state index contributed by atoms with van der Waals surface area (Å²) >= 11 is 0. The maximum atomic E-state index is 10.6. The summed E-state index contributed by atoms with van der Waals surface area (Å²) in [6, 6.07) is 7.68. The minimum atomic E-state index is -0.942. The summed E-state index contributed by atoms with van der Waals surface area (Å²) in [7, 11) is 0. The Morgan fingerprint density at radius 1 is 1.08 bits per heavy atom. The fourth-order valence-corrected chi connectivity index (χ4v) is 4.27. The van der Waals surface area contributed by atoms with Crippen molar-refractivity contribution in [3.8, 4) is 0 Å². The molecule has 1 heterocycles. The van der Waals surface area contributed by atoms with E-state index in [0.29, 0.717) is 5.92 Å². The molecule has 0 aromatic heterocycles. The number of aliphatic carboxylic acids is 1. The Morgan fingerprint density at radius 3 is 2.31 bits per heavy atom. The Hall–Kier alpha value is -1.65. The van der Waals surface area contributed by atoms with Crippen LogP contribution in [0.2, 0.25) is 0 Å². The van der Waals surface area contributed by atoms with Gasteiger partial charge in [-0.2, -0.15) is 0 Å². The molecule has 1 aromatic carbocycles. The molecule has 2 aliphatic rings. The lowest BCUT2D eigenvalue weighted by molar-refractivity contribution is -0.214. The highest BCUT2D eigenvalue weighted by Gasteiger charge is 2.32. The molecule has 1 aromatic rings. The van der Waals surface area contributed by atoms with Gasteiger partial charge < -0.3 is 14.6 Å². The van der Waals surface area contributed by atoms with E-state index in [9.17, 15) is 4.79 Å². The topological polar surface area (TPSA) is 55.8 Å². The molecule has 4 nitrogen and oxygen atoms in total. The predicted molar refractivity (Wildman–Crippen MR) is 102 cm³/mol. The van der Waals surface area contributed by atoms with E-state index >= 15 is 0 Å². The summed E-state index contributed by atoms with van der Waals surface area (Å²) in [6.07, 6.45) is 10.5. The van der Waals surface area contributed by atoms with Crippen molar-refractivity contribution in [2.45, 2.75) is 51.7 Å². The smallest absolute Gasteiger partial charge is 0.328 e. The standard InChI is InChI=1S/C22H30O4/c1-2-3-16-4-9-18(10-5-16)20-14-25-22(26-15-20)19-11-6-17(7-12-19)8-13-21(23)24/h6-8,11-13,16,18,20,22H,2-5,9-10,14-15H2,1H3,(H,23,24). The molecule has 0 spiro atoms. The van der Waals surface area contributed by atoms with Gasteiger partial charge in [-0.05, 0) is 36.3 Å². The minimum absolute atomic E-state index is 0.305. The zero-order valence-corrected chi connectivity index (χ0v) is 15.6. The molecule has 0 unspecified atom stereocenters. The lowest BCUT2D eigenvalue weighted by Gasteiger charge is -2.37. The molecular weight excluding hydrogens is 328 g/mol. The van der Waals surface area contributed by atoms with E-state index < -0.39 is 5.97 Å². The lowest BCUT2D eigenvalue weighted by Crippen LogP contribution is -2.34. The lowest BCUT2D eigenvalue weighted by atomic mass is 9.75. The van der Waals surface area contributed by atoms with Gasteiger partial charge in [0.15, 0.2) is 6.29 Å². The van der Waals surface area contributed by atoms with Crippen molar-refractivity contribution in [3.63, 3.8) is 0 Å². The Kier molecular flexibility index (Phi) is 6.86. The molecular formula is C22H30O4. The Labute approximate surface area is 156 Å². The van der Waals surface area contributed by atoms with Crippen molar-refractivity contribution in [1.29, 1.82) is 0 Å². The molecule has 0 amide bonds. The van der Waals surface area contributed by atoms with E-state index in [1.165, 1.54) is 38.5 Å². The molecule has 4 heteroatoms. The SMILES string of the molecule is CCCC1CCC(C2COC(c3ccc(C=CC(=O)O)cc3)OC2)CC1. The van der Waals surface area contributed by atoms with Crippen molar-refractivity contribution in [3.05, 3.63) is 41.5 Å². The molecule has 0 radical (unpaired) electrons. The summed E-state index contributed by atoms with van der Waals surface area (Å²) < 4.78 is 12.0. The number of carboxylic acid groups (broad SMARTS) is 1. The third-order valence-electron chi connectivity index (χ3n) is 5.81. The van der Waals surface area contributed by atoms with Gasteiger partial charge >= 0.3 is 5.97 Å². The highest BCUT2D eigenvalue weighted by Crippen LogP contribution is 2.38. The molecule has 142 valence electrons. The van der Waals surface area contributed by atoms with E-state index in [0.717, 1.165) is 42.3 Å². The van der Waals surface area contributed by atoms with Crippen LogP contribution in [0.15, 0.2) is 30.3 Å². The number of hydrogen-bond acceptors (Lipinski definition) is 3. The van der Waals surface area contributed by atoms with Crippen LogP contribution >= 0.6 is 0 Å². The van der Waals surface area contributed by atoms with Crippen LogP contribution in [0.4, 0.5) is 0 Å². The van der Waals surface area contributed by atoms with Gasteiger partial charge in [0.25, 0.3) is 0 Å². The number of carboxylic acids is 1. The van der Waals surface area contributed by atoms with Crippen molar-refractivity contribution in [1.82, 2.24) is 0 Å². The molecule has 2 fully saturated rings. The minimum Gasteiger partial charge on any atom is -0.478 e. The van der Waals surface area contributed by atoms with Gasteiger partial charge in [0, 0.05) is 17.6 Å². The van der Waals surface area contributed by atoms with Crippen LogP contribution in [-0.4, -0.2) is 24.3 Å². The first-order chi connectivity index (χ1) is 12.7. The van der Waals surface area contributed by atoms with E-state index in [-0.39, 0.29) is 6.29 Å². The average Bonchev–Trinajstić information content (AvgIpc) is 2.68. The maximum Gasteiger partial charge on any atom is 0.328 e. The normalized spacial score (nSPS) is 29.7. The second kappa shape index (κ2) is 9.33. The van der Waals surface area contributed by atoms with Crippen LogP contribution in [0.25, 0.3) is 6.08 Å². The van der Waals surface area contributed by atoms with E-state index in [2.05, 4.69) is 6.92 Å². The summed E-state index contributed by atoms with van der Waals surface area (Å²) in [5, 5.41) is 8.68. The van der Waals surface area contributed by atoms with Gasteiger partial charge in [-0.3, -0.25) is 0 Å². The largest absolute Gasteiger partial charge is 0.478 e. The summed E-state index contributed by atoms with van der Waals surface area (Å²) in [5.74, 6) is 1.25. The van der Waals surface area contributed by atoms with Gasteiger partial charge in [0.2, 0.25) is 0 Å². The molecule has 0 bridgehead atoms. The van der Waals surface area contributed by atoms with Crippen LogP contribution in [0.3, 0.4) is 0 Å². The van der Waals surface area contributed by atoms with Crippen LogP contribution < -0.4 is 0 Å². The average molecular weight is 358 g/mol. The van der Waals surface area contributed by atoms with Gasteiger partial charge in [0.05, 0.1) is 13.2 Å². The second-order valence-electron chi connectivity index (χ2n) is 7.67. The van der Waals surface area contributed by atoms with E-state index in [1.807, 2.05) is 24.3 Å². The summed E-state index contributed by atoms with van der Waals surface area (Å²) in [4.78, 5) is 10.6. The zero-order valence-electron chi connectivity index (χ0n) is 15.6. The summed E-state index contributed by atoms with van der Waals surface area (Å²) in [6.45, 7) is 3.83. The first-order valence-electron chi connectivity index (χ1n) is 9.90. The molecule has 0 atom stereocenters. The molecule has 1 N–H and O–H groups in total. The zero-order chi connectivity index (χ0) is 18.4. The molecule has 1 aliphatic heterocycles. The fraction of sp³-hybridized carbons (Fsp3) is 0.591. The molecule has 1 saturated heterocycles. The monoisotopic (exact) mass is 358 g/mol. The first kappa shape index (κ1) is 19.1. The number of hydrogen-bond donors (Lipinski definition) is 1. The van der Waals surface area contributed by atoms with Crippen molar-refractivity contribution >= 4 is 12.0 Å². The second-order valence-corrected chi connectivity index (χ2v) is 7.67. The Morgan fingerprint density at radius 2 is 1.73 bits per heavy atom. The van der Waals surface area contributed by atoms with Gasteiger partial charge in [-0.25, -0.2) is 4.79 Å². The molecule has 3 rings (SSSR count). The van der Waals surface area contributed by atoms with Gasteiger partial charge in [-0.1, -0.05) is 56.9 Å². The molecule has 1 aliphatic carbocycles. The molecule has 1 saturated carbocycles. The Bertz CT molecular complexity index is 591. The van der Waals surface area contributed by atoms with Crippen molar-refractivity contribution < 1.29 is 19.4 Å². The van der Waals surface area contributed by atoms with Crippen LogP contribution in [0.5, 0.6) is 0 Å². The predicted octanol–water partition coefficient (Wildman–Crippen LogP) is 5.05. The van der Waals surface area contributed by atoms with E-state index in [1.54, 1.807) is 6.08 Å². The van der Waals surface area contributed by atoms with Crippen molar-refractivity contribution in [2.75, 3.05) is 13.2 Å². The highest BCUT2D eigenvalue weighted by molar-refractivity contribution is 5.85. The van der Waals surface area contributed by atoms with Gasteiger partial charge in [0.1, 0.15) is 0 Å². The number of ether oxygens (including phenoxy) is 2. The van der Waals surface area contributed by atoms with Crippen LogP contribution in [0, 0.1) is 17.8 Å². The van der Waals surface area contributed by atoms with E-state index in [4.69, 9.17) is 14.6 Å². The fourth-order valence-electron chi connectivity index (χ4n) is 4.27. The highest BCUT2D eigenvalue weighted by atomic mass is 16.7. The maximum absolute atomic E-state index is 10.6. The quantitative estimate of drug-likeness (QED) is 0.723.